The summed E-state index contributed by atoms with van der Waals surface area (Å²) in [4.78, 5) is 14.6. The number of carbonyl (C=O) groups is 1. The highest BCUT2D eigenvalue weighted by Crippen LogP contribution is 2.26. The van der Waals surface area contributed by atoms with E-state index in [0.717, 1.165) is 11.6 Å². The maximum atomic E-state index is 11.0. The van der Waals surface area contributed by atoms with Crippen molar-refractivity contribution in [3.05, 3.63) is 65.7 Å². The summed E-state index contributed by atoms with van der Waals surface area (Å²) in [5, 5.41) is 8.26. The van der Waals surface area contributed by atoms with E-state index < -0.39 is 5.97 Å². The quantitative estimate of drug-likeness (QED) is 0.504. The molecule has 1 N–H and O–H groups in total. The summed E-state index contributed by atoms with van der Waals surface area (Å²) in [5.41, 5.74) is 1.69. The van der Waals surface area contributed by atoms with E-state index in [0.29, 0.717) is 23.7 Å². The van der Waals surface area contributed by atoms with Crippen molar-refractivity contribution in [2.24, 2.45) is 0 Å². The Morgan fingerprint density at radius 2 is 1.95 bits per heavy atom. The molecule has 0 aliphatic carbocycles. The lowest BCUT2D eigenvalue weighted by molar-refractivity contribution is -0.227. The van der Waals surface area contributed by atoms with Gasteiger partial charge in [0.25, 0.3) is 0 Å². The summed E-state index contributed by atoms with van der Waals surface area (Å²) in [6, 6.07) is 14.9. The number of rotatable bonds is 6. The van der Waals surface area contributed by atoms with Gasteiger partial charge in [-0.2, -0.15) is 5.26 Å². The molecular weight excluding hydrogens is 284 g/mol. The first-order valence-corrected chi connectivity index (χ1v) is 6.61. The highest BCUT2D eigenvalue weighted by molar-refractivity contribution is 5.87. The Morgan fingerprint density at radius 3 is 2.64 bits per heavy atom. The first-order valence-electron chi connectivity index (χ1n) is 6.61. The molecule has 0 aromatic heterocycles. The minimum Gasteiger partial charge on any atom is -0.497 e. The van der Waals surface area contributed by atoms with E-state index in [4.69, 9.17) is 14.7 Å². The van der Waals surface area contributed by atoms with Crippen LogP contribution < -0.4 is 9.47 Å². The smallest absolute Gasteiger partial charge is 0.365 e. The average Bonchev–Trinajstić information content (AvgIpc) is 2.58. The van der Waals surface area contributed by atoms with E-state index in [-0.39, 0.29) is 0 Å². The molecule has 0 fully saturated rings. The minimum absolute atomic E-state index is 0.388. The van der Waals surface area contributed by atoms with Crippen LogP contribution in [0, 0.1) is 0 Å². The van der Waals surface area contributed by atoms with E-state index in [1.165, 1.54) is 6.08 Å². The van der Waals surface area contributed by atoms with Gasteiger partial charge in [-0.15, -0.1) is 0 Å². The molecule has 5 nitrogen and oxygen atoms in total. The van der Waals surface area contributed by atoms with Gasteiger partial charge in [0, 0.05) is 17.7 Å². The van der Waals surface area contributed by atoms with Crippen LogP contribution in [0.5, 0.6) is 11.5 Å². The Balaban J connectivity index is 2.19. The fourth-order valence-electron chi connectivity index (χ4n) is 1.83. The molecule has 0 aliphatic heterocycles. The SMILES string of the molecule is COc1ccc(/C=C/C(=O)OO)c(OCc2ccccc2)c1. The summed E-state index contributed by atoms with van der Waals surface area (Å²) >= 11 is 0. The Bertz CT molecular complexity index is 649. The standard InChI is InChI=1S/C17H16O5/c1-20-15-9-7-14(8-10-17(18)22-19)16(11-15)21-12-13-5-3-2-4-6-13/h2-11,19H,12H2,1H3/b10-8+. The van der Waals surface area contributed by atoms with Gasteiger partial charge in [0.05, 0.1) is 7.11 Å². The van der Waals surface area contributed by atoms with Crippen LogP contribution in [-0.4, -0.2) is 18.3 Å². The third kappa shape index (κ3) is 4.36. The van der Waals surface area contributed by atoms with Gasteiger partial charge in [0.15, 0.2) is 0 Å². The van der Waals surface area contributed by atoms with E-state index in [2.05, 4.69) is 4.89 Å². The molecule has 0 saturated heterocycles. The van der Waals surface area contributed by atoms with Gasteiger partial charge < -0.3 is 9.47 Å². The molecule has 0 unspecified atom stereocenters. The predicted octanol–water partition coefficient (Wildman–Crippen LogP) is 3.30. The number of hydrogen-bond acceptors (Lipinski definition) is 5. The summed E-state index contributed by atoms with van der Waals surface area (Å²) in [7, 11) is 1.56. The monoisotopic (exact) mass is 300 g/mol. The molecule has 0 radical (unpaired) electrons. The number of benzene rings is 2. The zero-order valence-corrected chi connectivity index (χ0v) is 12.1. The predicted molar refractivity (Wildman–Crippen MR) is 81.5 cm³/mol. The van der Waals surface area contributed by atoms with Gasteiger partial charge in [-0.3, -0.25) is 4.89 Å². The molecule has 114 valence electrons. The zero-order valence-electron chi connectivity index (χ0n) is 12.1. The van der Waals surface area contributed by atoms with Crippen LogP contribution in [-0.2, 0) is 16.3 Å². The lowest BCUT2D eigenvalue weighted by Gasteiger charge is -2.11. The number of methoxy groups -OCH3 is 1. The third-order valence-corrected chi connectivity index (χ3v) is 2.95. The largest absolute Gasteiger partial charge is 0.497 e. The Morgan fingerprint density at radius 1 is 1.18 bits per heavy atom. The van der Waals surface area contributed by atoms with Crippen LogP contribution in [0.1, 0.15) is 11.1 Å². The molecule has 5 heteroatoms. The van der Waals surface area contributed by atoms with Crippen LogP contribution in [0.4, 0.5) is 0 Å². The molecule has 0 aliphatic rings. The molecule has 0 atom stereocenters. The Hall–Kier alpha value is -2.79. The van der Waals surface area contributed by atoms with Crippen molar-refractivity contribution in [2.75, 3.05) is 7.11 Å². The van der Waals surface area contributed by atoms with Crippen LogP contribution in [0.25, 0.3) is 6.08 Å². The maximum absolute atomic E-state index is 11.0. The second kappa shape index (κ2) is 7.85. The van der Waals surface area contributed by atoms with Gasteiger partial charge in [-0.25, -0.2) is 4.79 Å². The lowest BCUT2D eigenvalue weighted by atomic mass is 10.1. The van der Waals surface area contributed by atoms with E-state index in [1.54, 1.807) is 25.3 Å². The minimum atomic E-state index is -0.857. The third-order valence-electron chi connectivity index (χ3n) is 2.95. The summed E-state index contributed by atoms with van der Waals surface area (Å²) in [6.45, 7) is 0.388. The van der Waals surface area contributed by atoms with Gasteiger partial charge in [0.1, 0.15) is 18.1 Å². The molecule has 2 rings (SSSR count). The molecule has 0 heterocycles. The fraction of sp³-hybridized carbons (Fsp3) is 0.118. The van der Waals surface area contributed by atoms with E-state index in [9.17, 15) is 4.79 Å². The summed E-state index contributed by atoms with van der Waals surface area (Å²) < 4.78 is 11.0. The second-order valence-corrected chi connectivity index (χ2v) is 4.42. The topological polar surface area (TPSA) is 65.0 Å². The van der Waals surface area contributed by atoms with Gasteiger partial charge in [-0.05, 0) is 23.8 Å². The second-order valence-electron chi connectivity index (χ2n) is 4.42. The van der Waals surface area contributed by atoms with Crippen molar-refractivity contribution in [3.63, 3.8) is 0 Å². The van der Waals surface area contributed by atoms with Crippen molar-refractivity contribution >= 4 is 12.0 Å². The summed E-state index contributed by atoms with van der Waals surface area (Å²) in [6.07, 6.45) is 2.61. The highest BCUT2D eigenvalue weighted by atomic mass is 17.1. The number of ether oxygens (including phenoxy) is 2. The molecule has 22 heavy (non-hydrogen) atoms. The molecule has 0 amide bonds. The van der Waals surface area contributed by atoms with Crippen LogP contribution in [0.2, 0.25) is 0 Å². The Kier molecular flexibility index (Phi) is 5.57. The summed E-state index contributed by atoms with van der Waals surface area (Å²) in [5.74, 6) is 0.347. The molecule has 0 saturated carbocycles. The molecule has 2 aromatic carbocycles. The first-order chi connectivity index (χ1) is 10.7. The highest BCUT2D eigenvalue weighted by Gasteiger charge is 2.05. The number of carbonyl (C=O) groups excluding carboxylic acids is 1. The van der Waals surface area contributed by atoms with Crippen molar-refractivity contribution in [1.82, 2.24) is 0 Å². The van der Waals surface area contributed by atoms with Crippen LogP contribution in [0.15, 0.2) is 54.6 Å². The van der Waals surface area contributed by atoms with Gasteiger partial charge >= 0.3 is 5.97 Å². The van der Waals surface area contributed by atoms with Crippen molar-refractivity contribution < 1.29 is 24.4 Å². The van der Waals surface area contributed by atoms with E-state index >= 15 is 0 Å². The van der Waals surface area contributed by atoms with Crippen LogP contribution >= 0.6 is 0 Å². The fourth-order valence-corrected chi connectivity index (χ4v) is 1.83. The zero-order chi connectivity index (χ0) is 15.8. The maximum Gasteiger partial charge on any atom is 0.365 e. The Labute approximate surface area is 128 Å². The molecule has 0 spiro atoms. The average molecular weight is 300 g/mol. The van der Waals surface area contributed by atoms with Gasteiger partial charge in [0.2, 0.25) is 0 Å². The molecular formula is C17H16O5. The van der Waals surface area contributed by atoms with Crippen molar-refractivity contribution in [1.29, 1.82) is 0 Å². The lowest BCUT2D eigenvalue weighted by Crippen LogP contribution is -1.98. The first kappa shape index (κ1) is 15.6. The van der Waals surface area contributed by atoms with Crippen molar-refractivity contribution in [2.45, 2.75) is 6.61 Å². The van der Waals surface area contributed by atoms with Crippen molar-refractivity contribution in [3.8, 4) is 11.5 Å². The molecule has 2 aromatic rings. The van der Waals surface area contributed by atoms with Gasteiger partial charge in [-0.1, -0.05) is 30.3 Å². The number of hydrogen-bond donors (Lipinski definition) is 1. The van der Waals surface area contributed by atoms with Crippen LogP contribution in [0.3, 0.4) is 0 Å². The molecule has 0 bridgehead atoms. The van der Waals surface area contributed by atoms with E-state index in [1.807, 2.05) is 30.3 Å². The normalized spacial score (nSPS) is 10.5.